The second kappa shape index (κ2) is 8.61. The molecule has 8 nitrogen and oxygen atoms in total. The zero-order valence-corrected chi connectivity index (χ0v) is 15.9. The minimum absolute atomic E-state index is 0.169. The van der Waals surface area contributed by atoms with Crippen LogP contribution in [0.4, 0.5) is 15.8 Å². The molecular formula is C18H17FN6O2S. The maximum absolute atomic E-state index is 13.4. The molecule has 0 fully saturated rings. The predicted octanol–water partition coefficient (Wildman–Crippen LogP) is 2.88. The van der Waals surface area contributed by atoms with Crippen LogP contribution in [0.2, 0.25) is 0 Å². The van der Waals surface area contributed by atoms with Crippen molar-refractivity contribution in [3.05, 3.63) is 54.3 Å². The molecule has 1 atom stereocenters. The van der Waals surface area contributed by atoms with E-state index in [0.717, 1.165) is 11.8 Å². The van der Waals surface area contributed by atoms with Gasteiger partial charge in [0.25, 0.3) is 0 Å². The van der Waals surface area contributed by atoms with Crippen LogP contribution in [0.1, 0.15) is 13.8 Å². The minimum atomic E-state index is -0.506. The number of carbonyl (C=O) groups excluding carboxylic acids is 2. The first-order chi connectivity index (χ1) is 13.4. The molecule has 144 valence electrons. The lowest BCUT2D eigenvalue weighted by Gasteiger charge is -2.12. The smallest absolute Gasteiger partial charge is 0.237 e. The number of hydrogen-bond donors (Lipinski definition) is 2. The number of tetrazole rings is 1. The Bertz CT molecular complexity index is 992. The molecule has 0 spiro atoms. The SMILES string of the molecule is CC(=O)Nc1ccc(NC(=O)[C@@H](C)Sc2nnnn2-c2cccc(F)c2)cc1. The van der Waals surface area contributed by atoms with Crippen LogP contribution >= 0.6 is 11.8 Å². The number of nitrogens with one attached hydrogen (secondary N) is 2. The maximum Gasteiger partial charge on any atom is 0.237 e. The Kier molecular flexibility index (Phi) is 5.99. The molecule has 2 amide bonds. The van der Waals surface area contributed by atoms with Gasteiger partial charge >= 0.3 is 0 Å². The average molecular weight is 400 g/mol. The summed E-state index contributed by atoms with van der Waals surface area (Å²) in [6, 6.07) is 12.6. The van der Waals surface area contributed by atoms with Gasteiger partial charge in [-0.05, 0) is 59.8 Å². The van der Waals surface area contributed by atoms with Gasteiger partial charge in [-0.25, -0.2) is 4.39 Å². The monoisotopic (exact) mass is 400 g/mol. The summed E-state index contributed by atoms with van der Waals surface area (Å²) in [6.45, 7) is 3.14. The molecule has 0 aliphatic carbocycles. The number of benzene rings is 2. The number of carbonyl (C=O) groups is 2. The Morgan fingerprint density at radius 3 is 2.43 bits per heavy atom. The van der Waals surface area contributed by atoms with Crippen molar-refractivity contribution in [1.82, 2.24) is 20.2 Å². The number of aromatic nitrogens is 4. The van der Waals surface area contributed by atoms with Gasteiger partial charge < -0.3 is 10.6 Å². The molecule has 0 bridgehead atoms. The van der Waals surface area contributed by atoms with Crippen molar-refractivity contribution in [3.63, 3.8) is 0 Å². The van der Waals surface area contributed by atoms with Crippen molar-refractivity contribution < 1.29 is 14.0 Å². The number of amides is 2. The molecule has 10 heteroatoms. The van der Waals surface area contributed by atoms with E-state index in [2.05, 4.69) is 26.2 Å². The van der Waals surface area contributed by atoms with E-state index in [-0.39, 0.29) is 11.8 Å². The first kappa shape index (κ1) is 19.5. The van der Waals surface area contributed by atoms with Crippen LogP contribution in [0.25, 0.3) is 5.69 Å². The Balaban J connectivity index is 1.65. The molecule has 1 aromatic heterocycles. The lowest BCUT2D eigenvalue weighted by Crippen LogP contribution is -2.23. The van der Waals surface area contributed by atoms with E-state index < -0.39 is 11.1 Å². The van der Waals surface area contributed by atoms with Gasteiger partial charge in [0.1, 0.15) is 5.82 Å². The molecule has 0 radical (unpaired) electrons. The van der Waals surface area contributed by atoms with Gasteiger partial charge in [-0.2, -0.15) is 4.68 Å². The highest BCUT2D eigenvalue weighted by Crippen LogP contribution is 2.24. The van der Waals surface area contributed by atoms with Gasteiger partial charge in [-0.1, -0.05) is 17.8 Å². The van der Waals surface area contributed by atoms with Crippen molar-refractivity contribution in [2.24, 2.45) is 0 Å². The van der Waals surface area contributed by atoms with Crippen molar-refractivity contribution in [1.29, 1.82) is 0 Å². The van der Waals surface area contributed by atoms with E-state index in [9.17, 15) is 14.0 Å². The minimum Gasteiger partial charge on any atom is -0.326 e. The molecule has 3 aromatic rings. The summed E-state index contributed by atoms with van der Waals surface area (Å²) in [5, 5.41) is 16.7. The standard InChI is InChI=1S/C18H17FN6O2S/c1-11(17(27)21-15-8-6-14(7-9-15)20-12(2)26)28-18-22-23-24-25(18)16-5-3-4-13(19)10-16/h3-11H,1-2H3,(H,20,26)(H,21,27)/t11-/m1/s1. The molecule has 2 N–H and O–H groups in total. The fourth-order valence-corrected chi connectivity index (χ4v) is 3.13. The molecule has 3 rings (SSSR count). The van der Waals surface area contributed by atoms with Crippen LogP contribution in [0.15, 0.2) is 53.7 Å². The summed E-state index contributed by atoms with van der Waals surface area (Å²) in [6.07, 6.45) is 0. The number of thioether (sulfide) groups is 1. The largest absolute Gasteiger partial charge is 0.326 e. The van der Waals surface area contributed by atoms with Crippen LogP contribution in [-0.2, 0) is 9.59 Å². The van der Waals surface area contributed by atoms with Crippen LogP contribution in [0.5, 0.6) is 0 Å². The predicted molar refractivity (Wildman–Crippen MR) is 104 cm³/mol. The summed E-state index contributed by atoms with van der Waals surface area (Å²) < 4.78 is 14.8. The second-order valence-electron chi connectivity index (χ2n) is 5.86. The topological polar surface area (TPSA) is 102 Å². The highest BCUT2D eigenvalue weighted by atomic mass is 32.2. The third-order valence-electron chi connectivity index (χ3n) is 3.62. The van der Waals surface area contributed by atoms with Crippen LogP contribution in [0, 0.1) is 5.82 Å². The Morgan fingerprint density at radius 1 is 1.11 bits per heavy atom. The van der Waals surface area contributed by atoms with Gasteiger partial charge in [-0.3, -0.25) is 9.59 Å². The van der Waals surface area contributed by atoms with Crippen molar-refractivity contribution in [2.75, 3.05) is 10.6 Å². The summed E-state index contributed by atoms with van der Waals surface area (Å²) in [5.41, 5.74) is 1.70. The fraction of sp³-hybridized carbons (Fsp3) is 0.167. The molecule has 1 heterocycles. The van der Waals surface area contributed by atoms with Crippen molar-refractivity contribution in [3.8, 4) is 5.69 Å². The van der Waals surface area contributed by atoms with Gasteiger partial charge in [-0.15, -0.1) is 5.10 Å². The maximum atomic E-state index is 13.4. The number of hydrogen-bond acceptors (Lipinski definition) is 6. The summed E-state index contributed by atoms with van der Waals surface area (Å²) in [4.78, 5) is 23.5. The Labute approximate surface area is 164 Å². The zero-order valence-electron chi connectivity index (χ0n) is 15.1. The molecule has 0 aliphatic rings. The van der Waals surface area contributed by atoms with Gasteiger partial charge in [0.05, 0.1) is 10.9 Å². The summed E-state index contributed by atoms with van der Waals surface area (Å²) in [5.74, 6) is -0.818. The van der Waals surface area contributed by atoms with E-state index in [1.807, 2.05) is 0 Å². The van der Waals surface area contributed by atoms with E-state index in [4.69, 9.17) is 0 Å². The molecule has 28 heavy (non-hydrogen) atoms. The number of anilines is 2. The summed E-state index contributed by atoms with van der Waals surface area (Å²) >= 11 is 1.15. The van der Waals surface area contributed by atoms with E-state index >= 15 is 0 Å². The highest BCUT2D eigenvalue weighted by Gasteiger charge is 2.19. The number of rotatable bonds is 6. The van der Waals surface area contributed by atoms with Crippen LogP contribution in [0.3, 0.4) is 0 Å². The molecule has 0 saturated carbocycles. The fourth-order valence-electron chi connectivity index (χ4n) is 2.32. The molecular weight excluding hydrogens is 383 g/mol. The number of nitrogens with zero attached hydrogens (tertiary/aromatic N) is 4. The highest BCUT2D eigenvalue weighted by molar-refractivity contribution is 8.00. The van der Waals surface area contributed by atoms with Gasteiger partial charge in [0, 0.05) is 18.3 Å². The number of halogens is 1. The Morgan fingerprint density at radius 2 is 1.79 bits per heavy atom. The van der Waals surface area contributed by atoms with Crippen molar-refractivity contribution in [2.45, 2.75) is 24.3 Å². The first-order valence-electron chi connectivity index (χ1n) is 8.32. The lowest BCUT2D eigenvalue weighted by atomic mass is 10.2. The second-order valence-corrected chi connectivity index (χ2v) is 7.17. The normalized spacial score (nSPS) is 11.7. The Hall–Kier alpha value is -3.27. The van der Waals surface area contributed by atoms with E-state index in [1.165, 1.54) is 23.7 Å². The third kappa shape index (κ3) is 4.92. The van der Waals surface area contributed by atoms with E-state index in [1.54, 1.807) is 43.3 Å². The molecule has 0 saturated heterocycles. The van der Waals surface area contributed by atoms with Gasteiger partial charge in [0.2, 0.25) is 17.0 Å². The van der Waals surface area contributed by atoms with Crippen LogP contribution < -0.4 is 10.6 Å². The average Bonchev–Trinajstić information content (AvgIpc) is 3.11. The first-order valence-corrected chi connectivity index (χ1v) is 9.20. The molecule has 0 unspecified atom stereocenters. The van der Waals surface area contributed by atoms with Crippen LogP contribution in [-0.4, -0.2) is 37.3 Å². The molecule has 0 aliphatic heterocycles. The zero-order chi connectivity index (χ0) is 20.1. The molecule has 2 aromatic carbocycles. The summed E-state index contributed by atoms with van der Waals surface area (Å²) in [7, 11) is 0. The van der Waals surface area contributed by atoms with Crippen molar-refractivity contribution >= 4 is 35.0 Å². The third-order valence-corrected chi connectivity index (χ3v) is 4.65. The lowest BCUT2D eigenvalue weighted by molar-refractivity contribution is -0.115. The van der Waals surface area contributed by atoms with E-state index in [0.29, 0.717) is 22.2 Å². The quantitative estimate of drug-likeness (QED) is 0.617. The van der Waals surface area contributed by atoms with Gasteiger partial charge in [0.15, 0.2) is 0 Å².